The van der Waals surface area contributed by atoms with E-state index < -0.39 is 17.7 Å². The molecule has 2 aromatic rings. The highest BCUT2D eigenvalue weighted by Gasteiger charge is 2.33. The van der Waals surface area contributed by atoms with E-state index in [0.717, 1.165) is 5.56 Å². The van der Waals surface area contributed by atoms with Crippen LogP contribution in [0.3, 0.4) is 0 Å². The number of carboxylic acids is 1. The fourth-order valence-electron chi connectivity index (χ4n) is 3.30. The molecule has 0 saturated heterocycles. The molecule has 0 spiro atoms. The van der Waals surface area contributed by atoms with Gasteiger partial charge in [0, 0.05) is 19.2 Å². The minimum absolute atomic E-state index is 0.0818. The summed E-state index contributed by atoms with van der Waals surface area (Å²) in [5, 5.41) is 17.5. The standard InChI is InChI=1S/C23H30N4O5/c1-15-8-6-7-9-18(15)24-22(31)25-19-11-10-17(14-20(19)32-5)23(3,26-16(2)28)27(4)13-12-21(29)30/h6-11,14H,12-13H2,1-5H3,(H,26,28)(H,29,30)(H2,24,25,31). The number of benzene rings is 2. The fourth-order valence-corrected chi connectivity index (χ4v) is 3.30. The summed E-state index contributed by atoms with van der Waals surface area (Å²) in [6, 6.07) is 12.1. The zero-order valence-corrected chi connectivity index (χ0v) is 19.0. The van der Waals surface area contributed by atoms with Crippen LogP contribution in [0.2, 0.25) is 0 Å². The van der Waals surface area contributed by atoms with E-state index in [4.69, 9.17) is 9.84 Å². The topological polar surface area (TPSA) is 120 Å². The predicted octanol–water partition coefficient (Wildman–Crippen LogP) is 3.36. The Morgan fingerprint density at radius 3 is 2.34 bits per heavy atom. The maximum absolute atomic E-state index is 12.5. The first-order chi connectivity index (χ1) is 15.1. The molecule has 0 aliphatic heterocycles. The fraction of sp³-hybridized carbons (Fsp3) is 0.348. The summed E-state index contributed by atoms with van der Waals surface area (Å²) in [5.74, 6) is -0.807. The van der Waals surface area contributed by atoms with Gasteiger partial charge in [-0.25, -0.2) is 4.79 Å². The van der Waals surface area contributed by atoms with E-state index in [-0.39, 0.29) is 18.9 Å². The third-order valence-corrected chi connectivity index (χ3v) is 5.25. The lowest BCUT2D eigenvalue weighted by molar-refractivity contribution is -0.137. The number of carboxylic acid groups (broad SMARTS) is 1. The van der Waals surface area contributed by atoms with Crippen molar-refractivity contribution in [1.29, 1.82) is 0 Å². The lowest BCUT2D eigenvalue weighted by Crippen LogP contribution is -2.54. The molecule has 0 fully saturated rings. The summed E-state index contributed by atoms with van der Waals surface area (Å²) in [4.78, 5) is 37.1. The number of urea groups is 1. The summed E-state index contributed by atoms with van der Waals surface area (Å²) in [6.07, 6.45) is -0.0818. The van der Waals surface area contributed by atoms with Crippen molar-refractivity contribution in [3.05, 3.63) is 53.6 Å². The largest absolute Gasteiger partial charge is 0.495 e. The van der Waals surface area contributed by atoms with Crippen LogP contribution < -0.4 is 20.7 Å². The molecule has 1 unspecified atom stereocenters. The number of rotatable bonds is 9. The maximum atomic E-state index is 12.5. The SMILES string of the molecule is COc1cc(C(C)(NC(C)=O)N(C)CCC(=O)O)ccc1NC(=O)Nc1ccccc1C. The number of anilines is 2. The van der Waals surface area contributed by atoms with Gasteiger partial charge in [0.05, 0.1) is 19.2 Å². The second-order valence-electron chi connectivity index (χ2n) is 7.63. The van der Waals surface area contributed by atoms with Crippen molar-refractivity contribution < 1.29 is 24.2 Å². The summed E-state index contributed by atoms with van der Waals surface area (Å²) in [6.45, 7) is 5.29. The van der Waals surface area contributed by atoms with Crippen LogP contribution in [0.5, 0.6) is 5.75 Å². The Hall–Kier alpha value is -3.59. The number of carbonyl (C=O) groups excluding carboxylic acids is 2. The smallest absolute Gasteiger partial charge is 0.323 e. The second kappa shape index (κ2) is 10.6. The number of amides is 3. The first-order valence-electron chi connectivity index (χ1n) is 10.1. The molecule has 2 rings (SSSR count). The number of hydrogen-bond acceptors (Lipinski definition) is 5. The van der Waals surface area contributed by atoms with Gasteiger partial charge in [0.2, 0.25) is 5.91 Å². The number of methoxy groups -OCH3 is 1. The molecule has 9 nitrogen and oxygen atoms in total. The molecule has 0 radical (unpaired) electrons. The van der Waals surface area contributed by atoms with Crippen LogP contribution in [0, 0.1) is 6.92 Å². The minimum Gasteiger partial charge on any atom is -0.495 e. The molecule has 0 saturated carbocycles. The van der Waals surface area contributed by atoms with Crippen molar-refractivity contribution in [1.82, 2.24) is 10.2 Å². The Morgan fingerprint density at radius 2 is 1.75 bits per heavy atom. The molecule has 172 valence electrons. The van der Waals surface area contributed by atoms with Gasteiger partial charge in [-0.1, -0.05) is 24.3 Å². The number of nitrogens with zero attached hydrogens (tertiary/aromatic N) is 1. The van der Waals surface area contributed by atoms with E-state index in [1.54, 1.807) is 43.1 Å². The third kappa shape index (κ3) is 6.21. The van der Waals surface area contributed by atoms with Gasteiger partial charge < -0.3 is 25.8 Å². The highest BCUT2D eigenvalue weighted by Crippen LogP contribution is 2.32. The summed E-state index contributed by atoms with van der Waals surface area (Å²) in [5.41, 5.74) is 1.75. The molecule has 9 heteroatoms. The quantitative estimate of drug-likeness (QED) is 0.442. The highest BCUT2D eigenvalue weighted by atomic mass is 16.5. The Bertz CT molecular complexity index is 994. The van der Waals surface area contributed by atoms with Gasteiger partial charge in [0.15, 0.2) is 0 Å². The number of ether oxygens (including phenoxy) is 1. The van der Waals surface area contributed by atoms with Crippen molar-refractivity contribution in [2.75, 3.05) is 31.3 Å². The second-order valence-corrected chi connectivity index (χ2v) is 7.63. The normalized spacial score (nSPS) is 12.6. The van der Waals surface area contributed by atoms with Crippen molar-refractivity contribution >= 4 is 29.3 Å². The van der Waals surface area contributed by atoms with E-state index >= 15 is 0 Å². The van der Waals surface area contributed by atoms with Crippen LogP contribution in [0.25, 0.3) is 0 Å². The van der Waals surface area contributed by atoms with E-state index in [1.165, 1.54) is 14.0 Å². The van der Waals surface area contributed by atoms with Crippen LogP contribution >= 0.6 is 0 Å². The predicted molar refractivity (Wildman–Crippen MR) is 123 cm³/mol. The van der Waals surface area contributed by atoms with Crippen LogP contribution in [0.1, 0.15) is 31.4 Å². The van der Waals surface area contributed by atoms with E-state index in [2.05, 4.69) is 16.0 Å². The number of nitrogens with one attached hydrogen (secondary N) is 3. The lowest BCUT2D eigenvalue weighted by Gasteiger charge is -2.40. The number of para-hydroxylation sites is 1. The molecular weight excluding hydrogens is 412 g/mol. The van der Waals surface area contributed by atoms with Gasteiger partial charge in [0.25, 0.3) is 0 Å². The molecule has 0 bridgehead atoms. The van der Waals surface area contributed by atoms with Gasteiger partial charge in [-0.15, -0.1) is 0 Å². The molecule has 2 aromatic carbocycles. The van der Waals surface area contributed by atoms with Crippen LogP contribution in [-0.2, 0) is 15.3 Å². The van der Waals surface area contributed by atoms with Crippen molar-refractivity contribution in [2.24, 2.45) is 0 Å². The number of hydrogen-bond donors (Lipinski definition) is 4. The zero-order chi connectivity index (χ0) is 23.9. The highest BCUT2D eigenvalue weighted by molar-refractivity contribution is 6.01. The lowest BCUT2D eigenvalue weighted by atomic mass is 9.98. The number of carbonyl (C=O) groups is 3. The molecule has 0 aromatic heterocycles. The molecule has 4 N–H and O–H groups in total. The Labute approximate surface area is 187 Å². The monoisotopic (exact) mass is 442 g/mol. The molecular formula is C23H30N4O5. The van der Waals surface area contributed by atoms with E-state index in [9.17, 15) is 14.4 Å². The van der Waals surface area contributed by atoms with Crippen LogP contribution in [0.15, 0.2) is 42.5 Å². The molecule has 3 amide bonds. The summed E-state index contributed by atoms with van der Waals surface area (Å²) >= 11 is 0. The third-order valence-electron chi connectivity index (χ3n) is 5.25. The van der Waals surface area contributed by atoms with Gasteiger partial charge >= 0.3 is 12.0 Å². The van der Waals surface area contributed by atoms with Gasteiger partial charge in [-0.3, -0.25) is 14.5 Å². The minimum atomic E-state index is -0.990. The van der Waals surface area contributed by atoms with Crippen molar-refractivity contribution in [2.45, 2.75) is 32.9 Å². The van der Waals surface area contributed by atoms with Gasteiger partial charge in [0.1, 0.15) is 11.4 Å². The van der Waals surface area contributed by atoms with E-state index in [0.29, 0.717) is 22.7 Å². The van der Waals surface area contributed by atoms with E-state index in [1.807, 2.05) is 25.1 Å². The van der Waals surface area contributed by atoms with Gasteiger partial charge in [-0.2, -0.15) is 0 Å². The Morgan fingerprint density at radius 1 is 1.09 bits per heavy atom. The average Bonchev–Trinajstić information content (AvgIpc) is 2.73. The van der Waals surface area contributed by atoms with Crippen LogP contribution in [0.4, 0.5) is 16.2 Å². The molecule has 0 aliphatic carbocycles. The van der Waals surface area contributed by atoms with Crippen molar-refractivity contribution in [3.8, 4) is 5.75 Å². The first-order valence-corrected chi connectivity index (χ1v) is 10.1. The molecule has 32 heavy (non-hydrogen) atoms. The van der Waals surface area contributed by atoms with Crippen LogP contribution in [-0.4, -0.2) is 48.6 Å². The Balaban J connectivity index is 2.29. The van der Waals surface area contributed by atoms with Crippen molar-refractivity contribution in [3.63, 3.8) is 0 Å². The number of aryl methyl sites for hydroxylation is 1. The zero-order valence-electron chi connectivity index (χ0n) is 19.0. The first kappa shape index (κ1) is 24.7. The number of aliphatic carboxylic acids is 1. The molecule has 0 heterocycles. The molecule has 0 aliphatic rings. The van der Waals surface area contributed by atoms with Gasteiger partial charge in [-0.05, 0) is 50.2 Å². The average molecular weight is 443 g/mol. The Kier molecular flexibility index (Phi) is 8.20. The maximum Gasteiger partial charge on any atom is 0.323 e. The summed E-state index contributed by atoms with van der Waals surface area (Å²) in [7, 11) is 3.21. The summed E-state index contributed by atoms with van der Waals surface area (Å²) < 4.78 is 5.47. The molecule has 1 atom stereocenters.